The molecule has 2 aromatic rings. The summed E-state index contributed by atoms with van der Waals surface area (Å²) in [6.07, 6.45) is 0.664. The van der Waals surface area contributed by atoms with E-state index in [1.807, 2.05) is 53.8 Å². The summed E-state index contributed by atoms with van der Waals surface area (Å²) in [7, 11) is 0. The molecule has 7 heteroatoms. The zero-order valence-corrected chi connectivity index (χ0v) is 17.8. The summed E-state index contributed by atoms with van der Waals surface area (Å²) in [4.78, 5) is 43.5. The highest BCUT2D eigenvalue weighted by molar-refractivity contribution is 7.08. The van der Waals surface area contributed by atoms with Gasteiger partial charge in [0.2, 0.25) is 11.8 Å². The lowest BCUT2D eigenvalue weighted by molar-refractivity contribution is -0.142. The van der Waals surface area contributed by atoms with E-state index in [1.54, 1.807) is 9.80 Å². The van der Waals surface area contributed by atoms with E-state index in [-0.39, 0.29) is 24.3 Å². The van der Waals surface area contributed by atoms with Crippen molar-refractivity contribution in [2.45, 2.75) is 32.7 Å². The number of anilines is 1. The summed E-state index contributed by atoms with van der Waals surface area (Å²) in [5.41, 5.74) is 3.22. The topological polar surface area (TPSA) is 60.9 Å². The first-order valence-corrected chi connectivity index (χ1v) is 10.7. The van der Waals surface area contributed by atoms with Gasteiger partial charge in [0.15, 0.2) is 0 Å². The van der Waals surface area contributed by atoms with Gasteiger partial charge in [0.25, 0.3) is 5.91 Å². The fourth-order valence-electron chi connectivity index (χ4n) is 4.38. The number of hydrogen-bond acceptors (Lipinski definition) is 4. The molecule has 2 fully saturated rings. The number of hydrogen-bond donors (Lipinski definition) is 0. The first-order chi connectivity index (χ1) is 13.8. The van der Waals surface area contributed by atoms with Gasteiger partial charge in [0, 0.05) is 31.0 Å². The van der Waals surface area contributed by atoms with Gasteiger partial charge in [-0.3, -0.25) is 14.4 Å². The molecular weight excluding hydrogens is 386 g/mol. The number of nitrogens with zero attached hydrogens (tertiary/aromatic N) is 3. The van der Waals surface area contributed by atoms with E-state index in [0.717, 1.165) is 16.8 Å². The highest BCUT2D eigenvalue weighted by Crippen LogP contribution is 2.35. The van der Waals surface area contributed by atoms with Crippen molar-refractivity contribution >= 4 is 34.7 Å². The number of thiophene rings is 1. The maximum atomic E-state index is 13.1. The normalized spacial score (nSPS) is 21.9. The molecule has 1 aromatic heterocycles. The third-order valence-electron chi connectivity index (χ3n) is 6.19. The third kappa shape index (κ3) is 3.44. The van der Waals surface area contributed by atoms with Crippen LogP contribution in [0.4, 0.5) is 5.69 Å². The molecule has 2 aliphatic rings. The highest BCUT2D eigenvalue weighted by Gasteiger charge is 2.51. The fraction of sp³-hybridized carbons (Fsp3) is 0.409. The molecule has 3 amide bonds. The van der Waals surface area contributed by atoms with Gasteiger partial charge in [-0.25, -0.2) is 0 Å². The van der Waals surface area contributed by atoms with E-state index in [2.05, 4.69) is 0 Å². The van der Waals surface area contributed by atoms with Crippen LogP contribution >= 0.6 is 11.3 Å². The Kier molecular flexibility index (Phi) is 4.94. The molecule has 1 spiro atoms. The molecule has 0 unspecified atom stereocenters. The van der Waals surface area contributed by atoms with Gasteiger partial charge in [-0.1, -0.05) is 6.07 Å². The minimum atomic E-state index is -0.545. The Labute approximate surface area is 174 Å². The summed E-state index contributed by atoms with van der Waals surface area (Å²) in [5, 5.41) is 3.89. The monoisotopic (exact) mass is 411 g/mol. The molecule has 2 aliphatic heterocycles. The minimum absolute atomic E-state index is 0.0209. The highest BCUT2D eigenvalue weighted by atomic mass is 32.1. The summed E-state index contributed by atoms with van der Waals surface area (Å²) < 4.78 is 0. The quantitative estimate of drug-likeness (QED) is 0.764. The van der Waals surface area contributed by atoms with Gasteiger partial charge in [-0.05, 0) is 55.0 Å². The lowest BCUT2D eigenvalue weighted by Crippen LogP contribution is -2.67. The number of aryl methyl sites for hydroxylation is 2. The van der Waals surface area contributed by atoms with Crippen molar-refractivity contribution in [3.8, 4) is 0 Å². The summed E-state index contributed by atoms with van der Waals surface area (Å²) in [6.45, 7) is 7.00. The number of amides is 3. The minimum Gasteiger partial charge on any atom is -0.336 e. The Bertz CT molecular complexity index is 972. The van der Waals surface area contributed by atoms with E-state index in [4.69, 9.17) is 0 Å². The van der Waals surface area contributed by atoms with Gasteiger partial charge in [-0.2, -0.15) is 11.3 Å². The zero-order chi connectivity index (χ0) is 20.8. The van der Waals surface area contributed by atoms with E-state index in [1.165, 1.54) is 18.3 Å². The molecule has 0 bridgehead atoms. The molecule has 2 saturated heterocycles. The molecule has 1 atom stereocenters. The van der Waals surface area contributed by atoms with Crippen LogP contribution in [-0.4, -0.2) is 59.2 Å². The maximum absolute atomic E-state index is 13.1. The molecule has 3 heterocycles. The predicted octanol–water partition coefficient (Wildman–Crippen LogP) is 2.84. The van der Waals surface area contributed by atoms with Gasteiger partial charge in [-0.15, -0.1) is 0 Å². The maximum Gasteiger partial charge on any atom is 0.253 e. The van der Waals surface area contributed by atoms with Crippen LogP contribution in [0.15, 0.2) is 35.0 Å². The Balaban J connectivity index is 1.61. The number of piperazine rings is 1. The van der Waals surface area contributed by atoms with Gasteiger partial charge >= 0.3 is 0 Å². The van der Waals surface area contributed by atoms with Crippen LogP contribution in [0.3, 0.4) is 0 Å². The first-order valence-electron chi connectivity index (χ1n) is 9.78. The second kappa shape index (κ2) is 7.30. The van der Waals surface area contributed by atoms with Gasteiger partial charge in [0.05, 0.1) is 17.8 Å². The molecule has 4 rings (SSSR count). The number of benzene rings is 1. The van der Waals surface area contributed by atoms with E-state index in [9.17, 15) is 14.4 Å². The number of carbonyl (C=O) groups excluding carboxylic acids is 3. The van der Waals surface area contributed by atoms with Crippen LogP contribution in [0.1, 0.15) is 34.8 Å². The SMILES string of the molecule is CC(=O)N1CC(=O)N(c2ccsc2)C[C@]12CCN(C(=O)c1ccc(C)c(C)c1)C2. The van der Waals surface area contributed by atoms with Crippen molar-refractivity contribution in [3.05, 3.63) is 51.7 Å². The molecule has 0 aliphatic carbocycles. The molecule has 6 nitrogen and oxygen atoms in total. The number of likely N-dealkylation sites (tertiary alicyclic amines) is 1. The second-order valence-electron chi connectivity index (χ2n) is 8.07. The summed E-state index contributed by atoms with van der Waals surface area (Å²) in [5.74, 6) is -0.223. The first kappa shape index (κ1) is 19.6. The van der Waals surface area contributed by atoms with Gasteiger partial charge in [0.1, 0.15) is 6.54 Å². The Morgan fingerprint density at radius 3 is 2.55 bits per heavy atom. The van der Waals surface area contributed by atoms with Crippen LogP contribution < -0.4 is 4.90 Å². The van der Waals surface area contributed by atoms with Crippen molar-refractivity contribution in [1.29, 1.82) is 0 Å². The third-order valence-corrected chi connectivity index (χ3v) is 6.86. The van der Waals surface area contributed by atoms with Crippen LogP contribution in [0.2, 0.25) is 0 Å². The van der Waals surface area contributed by atoms with Crippen molar-refractivity contribution in [2.24, 2.45) is 0 Å². The van der Waals surface area contributed by atoms with Crippen molar-refractivity contribution < 1.29 is 14.4 Å². The van der Waals surface area contributed by atoms with E-state index < -0.39 is 5.54 Å². The molecule has 152 valence electrons. The van der Waals surface area contributed by atoms with Crippen LogP contribution in [0.5, 0.6) is 0 Å². The Morgan fingerprint density at radius 1 is 1.10 bits per heavy atom. The molecule has 29 heavy (non-hydrogen) atoms. The molecule has 0 saturated carbocycles. The van der Waals surface area contributed by atoms with Crippen LogP contribution in [0.25, 0.3) is 0 Å². The average molecular weight is 412 g/mol. The predicted molar refractivity (Wildman–Crippen MR) is 113 cm³/mol. The van der Waals surface area contributed by atoms with Crippen LogP contribution in [0, 0.1) is 13.8 Å². The standard InChI is InChI=1S/C22H25N3O3S/c1-15-4-5-18(10-16(15)2)21(28)23-8-7-22(13-23)14-24(19-6-9-29-12-19)20(27)11-25(22)17(3)26/h4-6,9-10,12H,7-8,11,13-14H2,1-3H3/t22-/m1/s1. The lowest BCUT2D eigenvalue weighted by Gasteiger charge is -2.47. The van der Waals surface area contributed by atoms with E-state index in [0.29, 0.717) is 31.6 Å². The van der Waals surface area contributed by atoms with Crippen molar-refractivity contribution in [2.75, 3.05) is 31.1 Å². The van der Waals surface area contributed by atoms with E-state index >= 15 is 0 Å². The molecule has 0 radical (unpaired) electrons. The number of carbonyl (C=O) groups is 3. The molecule has 0 N–H and O–H groups in total. The summed E-state index contributed by atoms with van der Waals surface area (Å²) >= 11 is 1.54. The molecule has 1 aromatic carbocycles. The lowest BCUT2D eigenvalue weighted by atomic mass is 9.92. The van der Waals surface area contributed by atoms with Gasteiger partial charge < -0.3 is 14.7 Å². The van der Waals surface area contributed by atoms with Crippen molar-refractivity contribution in [1.82, 2.24) is 9.80 Å². The number of rotatable bonds is 2. The van der Waals surface area contributed by atoms with Crippen LogP contribution in [-0.2, 0) is 9.59 Å². The second-order valence-corrected chi connectivity index (χ2v) is 8.85. The average Bonchev–Trinajstić information content (AvgIpc) is 3.36. The van der Waals surface area contributed by atoms with Crippen molar-refractivity contribution in [3.63, 3.8) is 0 Å². The Hall–Kier alpha value is -2.67. The largest absolute Gasteiger partial charge is 0.336 e. The Morgan fingerprint density at radius 2 is 1.90 bits per heavy atom. The zero-order valence-electron chi connectivity index (χ0n) is 17.0. The smallest absolute Gasteiger partial charge is 0.253 e. The summed E-state index contributed by atoms with van der Waals surface area (Å²) in [6, 6.07) is 7.68. The molecular formula is C22H25N3O3S. The fourth-order valence-corrected chi connectivity index (χ4v) is 5.03.